The van der Waals surface area contributed by atoms with Gasteiger partial charge < -0.3 is 15.4 Å². The summed E-state index contributed by atoms with van der Waals surface area (Å²) in [6.45, 7) is 0.222. The van der Waals surface area contributed by atoms with Crippen LogP contribution in [0.1, 0.15) is 16.1 Å². The van der Waals surface area contributed by atoms with Gasteiger partial charge in [-0.05, 0) is 30.3 Å². The van der Waals surface area contributed by atoms with Crippen molar-refractivity contribution in [3.63, 3.8) is 0 Å². The Hall–Kier alpha value is -3.55. The molecule has 0 aliphatic heterocycles. The van der Waals surface area contributed by atoms with Gasteiger partial charge in [0.15, 0.2) is 17.5 Å². The molecule has 0 bridgehead atoms. The first-order chi connectivity index (χ1) is 13.5. The molecule has 28 heavy (non-hydrogen) atoms. The smallest absolute Gasteiger partial charge is 0.270 e. The molecule has 0 radical (unpaired) electrons. The normalized spacial score (nSPS) is 10.4. The second-order valence-electron chi connectivity index (χ2n) is 5.77. The lowest BCUT2D eigenvalue weighted by molar-refractivity contribution is 0.0945. The van der Waals surface area contributed by atoms with Crippen molar-refractivity contribution in [2.75, 3.05) is 12.4 Å². The van der Waals surface area contributed by atoms with E-state index in [0.717, 1.165) is 17.7 Å². The number of pyridine rings is 1. The highest BCUT2D eigenvalue weighted by Crippen LogP contribution is 2.24. The van der Waals surface area contributed by atoms with Gasteiger partial charge in [0.05, 0.1) is 12.8 Å². The zero-order valence-electron chi connectivity index (χ0n) is 14.8. The second kappa shape index (κ2) is 8.43. The Kier molecular flexibility index (Phi) is 5.78. The van der Waals surface area contributed by atoms with Crippen LogP contribution >= 0.6 is 0 Å². The quantitative estimate of drug-likeness (QED) is 0.623. The topological polar surface area (TPSA) is 63.2 Å². The third-order valence-electron chi connectivity index (χ3n) is 3.94. The van der Waals surface area contributed by atoms with E-state index in [1.807, 2.05) is 18.2 Å². The van der Waals surface area contributed by atoms with E-state index in [0.29, 0.717) is 11.4 Å². The van der Waals surface area contributed by atoms with Crippen LogP contribution in [0.4, 0.5) is 24.5 Å². The average Bonchev–Trinajstić information content (AvgIpc) is 2.73. The van der Waals surface area contributed by atoms with E-state index in [2.05, 4.69) is 15.6 Å². The van der Waals surface area contributed by atoms with Gasteiger partial charge in [0.1, 0.15) is 11.4 Å². The van der Waals surface area contributed by atoms with E-state index in [1.165, 1.54) is 25.4 Å². The van der Waals surface area contributed by atoms with Crippen molar-refractivity contribution in [1.29, 1.82) is 0 Å². The molecule has 5 nitrogen and oxygen atoms in total. The highest BCUT2D eigenvalue weighted by molar-refractivity contribution is 5.93. The monoisotopic (exact) mass is 387 g/mol. The molecule has 0 saturated carbocycles. The number of ether oxygens (including phenoxy) is 1. The van der Waals surface area contributed by atoms with Crippen LogP contribution in [-0.4, -0.2) is 18.0 Å². The Balaban J connectivity index is 1.72. The van der Waals surface area contributed by atoms with Gasteiger partial charge in [0.2, 0.25) is 0 Å². The summed E-state index contributed by atoms with van der Waals surface area (Å²) < 4.78 is 45.4. The van der Waals surface area contributed by atoms with Crippen molar-refractivity contribution >= 4 is 17.3 Å². The molecular weight excluding hydrogens is 371 g/mol. The predicted molar refractivity (Wildman–Crippen MR) is 98.0 cm³/mol. The van der Waals surface area contributed by atoms with Crippen LogP contribution in [-0.2, 0) is 6.54 Å². The molecular formula is C20H16F3N3O2. The van der Waals surface area contributed by atoms with Gasteiger partial charge in [-0.15, -0.1) is 0 Å². The summed E-state index contributed by atoms with van der Waals surface area (Å²) in [4.78, 5) is 16.3. The van der Waals surface area contributed by atoms with Crippen LogP contribution in [0.15, 0.2) is 54.7 Å². The molecule has 0 unspecified atom stereocenters. The Morgan fingerprint density at radius 2 is 1.86 bits per heavy atom. The molecule has 1 aromatic heterocycles. The summed E-state index contributed by atoms with van der Waals surface area (Å²) >= 11 is 0. The number of nitrogens with one attached hydrogen (secondary N) is 2. The van der Waals surface area contributed by atoms with Crippen LogP contribution in [0.2, 0.25) is 0 Å². The Bertz CT molecular complexity index is 1010. The first kappa shape index (κ1) is 19.2. The van der Waals surface area contributed by atoms with E-state index in [1.54, 1.807) is 6.07 Å². The largest absolute Gasteiger partial charge is 0.496 e. The maximum Gasteiger partial charge on any atom is 0.270 e. The van der Waals surface area contributed by atoms with Crippen molar-refractivity contribution in [2.45, 2.75) is 6.54 Å². The number of anilines is 2. The number of hydrogen-bond acceptors (Lipinski definition) is 4. The Morgan fingerprint density at radius 3 is 2.64 bits per heavy atom. The maximum atomic E-state index is 13.8. The summed E-state index contributed by atoms with van der Waals surface area (Å²) in [6, 6.07) is 12.0. The molecule has 0 spiro atoms. The summed E-state index contributed by atoms with van der Waals surface area (Å²) in [7, 11) is 1.54. The van der Waals surface area contributed by atoms with E-state index in [9.17, 15) is 18.0 Å². The van der Waals surface area contributed by atoms with Crippen LogP contribution in [0.3, 0.4) is 0 Å². The van der Waals surface area contributed by atoms with Crippen molar-refractivity contribution in [1.82, 2.24) is 10.3 Å². The molecule has 0 fully saturated rings. The third kappa shape index (κ3) is 4.22. The lowest BCUT2D eigenvalue weighted by atomic mass is 10.2. The van der Waals surface area contributed by atoms with Gasteiger partial charge in [0, 0.05) is 24.0 Å². The van der Waals surface area contributed by atoms with Crippen molar-refractivity contribution in [3.8, 4) is 5.75 Å². The highest BCUT2D eigenvalue weighted by atomic mass is 19.2. The number of amides is 1. The molecule has 8 heteroatoms. The molecule has 3 aromatic rings. The fraction of sp³-hybridized carbons (Fsp3) is 0.100. The number of para-hydroxylation sites is 1. The Labute approximate surface area is 159 Å². The minimum atomic E-state index is -1.58. The fourth-order valence-electron chi connectivity index (χ4n) is 2.53. The zero-order chi connectivity index (χ0) is 20.1. The maximum absolute atomic E-state index is 13.8. The molecule has 144 valence electrons. The number of carbonyl (C=O) groups excluding carboxylic acids is 1. The van der Waals surface area contributed by atoms with Crippen molar-refractivity contribution in [2.24, 2.45) is 0 Å². The third-order valence-corrected chi connectivity index (χ3v) is 3.94. The number of aromatic nitrogens is 1. The number of rotatable bonds is 6. The van der Waals surface area contributed by atoms with Crippen LogP contribution in [0.5, 0.6) is 5.75 Å². The molecule has 1 amide bonds. The highest BCUT2D eigenvalue weighted by Gasteiger charge is 2.14. The number of nitrogens with zero attached hydrogens (tertiary/aromatic N) is 1. The Morgan fingerprint density at radius 1 is 1.07 bits per heavy atom. The van der Waals surface area contributed by atoms with Crippen LogP contribution < -0.4 is 15.4 Å². The number of benzene rings is 2. The first-order valence-electron chi connectivity index (χ1n) is 8.26. The van der Waals surface area contributed by atoms with Gasteiger partial charge >= 0.3 is 0 Å². The van der Waals surface area contributed by atoms with Gasteiger partial charge in [-0.1, -0.05) is 18.2 Å². The van der Waals surface area contributed by atoms with Crippen LogP contribution in [0, 0.1) is 17.5 Å². The van der Waals surface area contributed by atoms with Crippen molar-refractivity contribution in [3.05, 3.63) is 83.4 Å². The lowest BCUT2D eigenvalue weighted by Crippen LogP contribution is -2.24. The molecule has 2 aromatic carbocycles. The SMILES string of the molecule is COc1ccccc1CNC(=O)c1cc(Nc2ccc(F)c(F)c2F)ccn1. The van der Waals surface area contributed by atoms with E-state index >= 15 is 0 Å². The van der Waals surface area contributed by atoms with Gasteiger partial charge in [-0.3, -0.25) is 9.78 Å². The fourth-order valence-corrected chi connectivity index (χ4v) is 2.53. The molecule has 3 rings (SSSR count). The molecule has 0 atom stereocenters. The first-order valence-corrected chi connectivity index (χ1v) is 8.26. The number of hydrogen-bond donors (Lipinski definition) is 2. The molecule has 0 aliphatic carbocycles. The number of halogens is 3. The molecule has 2 N–H and O–H groups in total. The van der Waals surface area contributed by atoms with Crippen LogP contribution in [0.25, 0.3) is 0 Å². The second-order valence-corrected chi connectivity index (χ2v) is 5.77. The van der Waals surface area contributed by atoms with E-state index in [-0.39, 0.29) is 17.9 Å². The summed E-state index contributed by atoms with van der Waals surface area (Å²) in [6.07, 6.45) is 1.35. The van der Waals surface area contributed by atoms with Gasteiger partial charge in [-0.25, -0.2) is 13.2 Å². The minimum absolute atomic E-state index is 0.0721. The average molecular weight is 387 g/mol. The van der Waals surface area contributed by atoms with Gasteiger partial charge in [-0.2, -0.15) is 0 Å². The predicted octanol–water partition coefficient (Wildman–Crippen LogP) is 4.18. The summed E-state index contributed by atoms with van der Waals surface area (Å²) in [5.74, 6) is -4.03. The van der Waals surface area contributed by atoms with Gasteiger partial charge in [0.25, 0.3) is 5.91 Å². The lowest BCUT2D eigenvalue weighted by Gasteiger charge is -2.11. The standard InChI is InChI=1S/C20H16F3N3O2/c1-28-17-5-3-2-4-12(17)11-25-20(27)16-10-13(8-9-24-16)26-15-7-6-14(21)18(22)19(15)23/h2-10H,11H2,1H3,(H,24,26)(H,25,27). The number of carbonyl (C=O) groups is 1. The number of methoxy groups -OCH3 is 1. The van der Waals surface area contributed by atoms with Crippen molar-refractivity contribution < 1.29 is 22.7 Å². The minimum Gasteiger partial charge on any atom is -0.496 e. The zero-order valence-corrected chi connectivity index (χ0v) is 14.8. The van der Waals surface area contributed by atoms with E-state index in [4.69, 9.17) is 4.74 Å². The molecule has 1 heterocycles. The van der Waals surface area contributed by atoms with E-state index < -0.39 is 23.4 Å². The summed E-state index contributed by atoms with van der Waals surface area (Å²) in [5, 5.41) is 5.32. The molecule has 0 aliphatic rings. The molecule has 0 saturated heterocycles. The summed E-state index contributed by atoms with van der Waals surface area (Å²) in [5.41, 5.74) is 0.896.